The van der Waals surface area contributed by atoms with E-state index in [2.05, 4.69) is 5.32 Å². The van der Waals surface area contributed by atoms with Gasteiger partial charge >= 0.3 is 0 Å². The molecule has 1 atom stereocenters. The molecule has 2 aromatic rings. The Morgan fingerprint density at radius 3 is 2.35 bits per heavy atom. The summed E-state index contributed by atoms with van der Waals surface area (Å²) >= 11 is 0. The molecule has 0 aromatic heterocycles. The van der Waals surface area contributed by atoms with Crippen LogP contribution in [-0.4, -0.2) is 55.0 Å². The maximum absolute atomic E-state index is 13.3. The van der Waals surface area contributed by atoms with Gasteiger partial charge in [-0.1, -0.05) is 43.3 Å². The Hall–Kier alpha value is -3.20. The molecule has 1 aliphatic heterocycles. The third-order valence-electron chi connectivity index (χ3n) is 5.43. The van der Waals surface area contributed by atoms with E-state index >= 15 is 0 Å². The summed E-state index contributed by atoms with van der Waals surface area (Å²) in [5.41, 5.74) is 1.81. The van der Waals surface area contributed by atoms with Crippen molar-refractivity contribution in [3.63, 3.8) is 0 Å². The lowest BCUT2D eigenvalue weighted by Crippen LogP contribution is -2.51. The van der Waals surface area contributed by atoms with Crippen molar-refractivity contribution in [3.05, 3.63) is 65.2 Å². The van der Waals surface area contributed by atoms with Crippen LogP contribution >= 0.6 is 0 Å². The van der Waals surface area contributed by atoms with Crippen molar-refractivity contribution in [1.82, 2.24) is 14.5 Å². The maximum Gasteiger partial charge on any atom is 0.269 e. The van der Waals surface area contributed by atoms with E-state index in [0.717, 1.165) is 11.1 Å². The number of carbonyl (C=O) groups excluding carboxylic acids is 3. The molecule has 3 rings (SSSR count). The third-order valence-corrected chi connectivity index (χ3v) is 7.21. The van der Waals surface area contributed by atoms with Crippen LogP contribution in [-0.2, 0) is 26.2 Å². The van der Waals surface area contributed by atoms with Crippen LogP contribution in [0.1, 0.15) is 34.8 Å². The van der Waals surface area contributed by atoms with Crippen LogP contribution in [0.15, 0.2) is 53.4 Å². The summed E-state index contributed by atoms with van der Waals surface area (Å²) < 4.78 is 26.3. The molecule has 0 spiro atoms. The summed E-state index contributed by atoms with van der Waals surface area (Å²) in [7, 11) is -2.65. The first kappa shape index (κ1) is 22.5. The monoisotopic (exact) mass is 443 g/mol. The first-order valence-corrected chi connectivity index (χ1v) is 11.4. The largest absolute Gasteiger partial charge is 0.357 e. The van der Waals surface area contributed by atoms with Gasteiger partial charge in [0.15, 0.2) is 0 Å². The van der Waals surface area contributed by atoms with E-state index in [0.29, 0.717) is 10.7 Å². The predicted molar refractivity (Wildman–Crippen MR) is 115 cm³/mol. The highest BCUT2D eigenvalue weighted by molar-refractivity contribution is 7.90. The van der Waals surface area contributed by atoms with E-state index in [1.54, 1.807) is 13.0 Å². The van der Waals surface area contributed by atoms with Gasteiger partial charge in [0.1, 0.15) is 17.5 Å². The van der Waals surface area contributed by atoms with Crippen LogP contribution in [0, 0.1) is 6.92 Å². The summed E-state index contributed by atoms with van der Waals surface area (Å²) in [4.78, 5) is 39.7. The Morgan fingerprint density at radius 2 is 1.74 bits per heavy atom. The highest BCUT2D eigenvalue weighted by Gasteiger charge is 2.43. The molecule has 3 amide bonds. The minimum absolute atomic E-state index is 0.0408. The maximum atomic E-state index is 13.3. The van der Waals surface area contributed by atoms with Crippen molar-refractivity contribution in [2.24, 2.45) is 0 Å². The molecule has 9 heteroatoms. The lowest BCUT2D eigenvalue weighted by Gasteiger charge is -2.31. The van der Waals surface area contributed by atoms with Crippen molar-refractivity contribution in [3.8, 4) is 0 Å². The second-order valence-corrected chi connectivity index (χ2v) is 9.13. The number of hydrogen-bond donors (Lipinski definition) is 1. The molecular weight excluding hydrogens is 418 g/mol. The quantitative estimate of drug-likeness (QED) is 0.701. The number of fused-ring (bicyclic) bond motifs is 1. The molecule has 0 aliphatic carbocycles. The first-order valence-electron chi connectivity index (χ1n) is 9.94. The summed E-state index contributed by atoms with van der Waals surface area (Å²) in [5, 5.41) is 2.55. The Labute approximate surface area is 181 Å². The van der Waals surface area contributed by atoms with Gasteiger partial charge in [-0.05, 0) is 36.6 Å². The van der Waals surface area contributed by atoms with Crippen LogP contribution in [0.5, 0.6) is 0 Å². The number of likely N-dealkylation sites (N-methyl/N-ethyl adjacent to an activating group) is 1. The fourth-order valence-electron chi connectivity index (χ4n) is 3.66. The molecule has 8 nitrogen and oxygen atoms in total. The van der Waals surface area contributed by atoms with Crippen LogP contribution in [0.2, 0.25) is 0 Å². The van der Waals surface area contributed by atoms with E-state index in [1.165, 1.54) is 30.1 Å². The molecule has 0 radical (unpaired) electrons. The zero-order valence-corrected chi connectivity index (χ0v) is 18.5. The standard InChI is InChI=1S/C22H25N3O5S/c1-4-18(21(27)23-3)24(13-16-10-6-5-9-15(16)2)20(26)14-25-22(28)17-11-7-8-12-19(17)31(25,29)30/h5-12,18H,4,13-14H2,1-3H3,(H,23,27)/t18-/m0/s1. The number of sulfonamides is 1. The average molecular weight is 444 g/mol. The van der Waals surface area contributed by atoms with Gasteiger partial charge in [-0.3, -0.25) is 14.4 Å². The van der Waals surface area contributed by atoms with Gasteiger partial charge in [-0.2, -0.15) is 0 Å². The minimum Gasteiger partial charge on any atom is -0.357 e. The lowest BCUT2D eigenvalue weighted by atomic mass is 10.1. The van der Waals surface area contributed by atoms with Crippen molar-refractivity contribution in [1.29, 1.82) is 0 Å². The van der Waals surface area contributed by atoms with Crippen molar-refractivity contribution in [2.45, 2.75) is 37.8 Å². The minimum atomic E-state index is -4.13. The van der Waals surface area contributed by atoms with E-state index in [-0.39, 0.29) is 22.9 Å². The molecule has 1 heterocycles. The second kappa shape index (κ2) is 8.89. The normalized spacial score (nSPS) is 15.3. The fraction of sp³-hybridized carbons (Fsp3) is 0.318. The summed E-state index contributed by atoms with van der Waals surface area (Å²) in [5.74, 6) is -1.72. The lowest BCUT2D eigenvalue weighted by molar-refractivity contribution is -0.141. The van der Waals surface area contributed by atoms with Crippen LogP contribution in [0.25, 0.3) is 0 Å². The molecule has 2 aromatic carbocycles. The van der Waals surface area contributed by atoms with E-state index in [1.807, 2.05) is 31.2 Å². The molecule has 1 N–H and O–H groups in total. The molecule has 0 unspecified atom stereocenters. The third kappa shape index (κ3) is 4.18. The molecule has 31 heavy (non-hydrogen) atoms. The number of amides is 3. The highest BCUT2D eigenvalue weighted by Crippen LogP contribution is 2.30. The van der Waals surface area contributed by atoms with E-state index < -0.39 is 34.4 Å². The molecule has 1 aliphatic rings. The Kier molecular flexibility index (Phi) is 6.45. The molecular formula is C22H25N3O5S. The Morgan fingerprint density at radius 1 is 1.10 bits per heavy atom. The molecule has 0 bridgehead atoms. The smallest absolute Gasteiger partial charge is 0.269 e. The zero-order valence-electron chi connectivity index (χ0n) is 17.7. The number of nitrogens with one attached hydrogen (secondary N) is 1. The number of aryl methyl sites for hydroxylation is 1. The summed E-state index contributed by atoms with van der Waals surface area (Å²) in [6.45, 7) is 3.11. The topological polar surface area (TPSA) is 104 Å². The van der Waals surface area contributed by atoms with Gasteiger partial charge in [0.25, 0.3) is 15.9 Å². The first-order chi connectivity index (χ1) is 14.7. The number of hydrogen-bond acceptors (Lipinski definition) is 5. The molecule has 0 saturated heterocycles. The summed E-state index contributed by atoms with van der Waals surface area (Å²) in [6.07, 6.45) is 0.332. The van der Waals surface area contributed by atoms with Crippen LogP contribution < -0.4 is 5.32 Å². The molecule has 0 saturated carbocycles. The Balaban J connectivity index is 1.94. The van der Waals surface area contributed by atoms with E-state index in [9.17, 15) is 22.8 Å². The highest BCUT2D eigenvalue weighted by atomic mass is 32.2. The van der Waals surface area contributed by atoms with Gasteiger partial charge in [0, 0.05) is 13.6 Å². The average Bonchev–Trinajstić information content (AvgIpc) is 2.95. The zero-order chi connectivity index (χ0) is 22.8. The van der Waals surface area contributed by atoms with Crippen molar-refractivity contribution >= 4 is 27.7 Å². The van der Waals surface area contributed by atoms with Gasteiger partial charge < -0.3 is 10.2 Å². The number of benzene rings is 2. The number of rotatable bonds is 7. The van der Waals surface area contributed by atoms with Gasteiger partial charge in [0.2, 0.25) is 11.8 Å². The van der Waals surface area contributed by atoms with Crippen molar-refractivity contribution < 1.29 is 22.8 Å². The van der Waals surface area contributed by atoms with Crippen LogP contribution in [0.3, 0.4) is 0 Å². The number of nitrogens with zero attached hydrogens (tertiary/aromatic N) is 2. The molecule has 164 valence electrons. The van der Waals surface area contributed by atoms with Crippen molar-refractivity contribution in [2.75, 3.05) is 13.6 Å². The second-order valence-electron chi connectivity index (χ2n) is 7.30. The summed E-state index contributed by atoms with van der Waals surface area (Å²) in [6, 6.07) is 12.5. The SMILES string of the molecule is CC[C@@H](C(=O)NC)N(Cc1ccccc1C)C(=O)CN1C(=O)c2ccccc2S1(=O)=O. The van der Waals surface area contributed by atoms with E-state index in [4.69, 9.17) is 0 Å². The van der Waals surface area contributed by atoms with Crippen LogP contribution in [0.4, 0.5) is 0 Å². The van der Waals surface area contributed by atoms with Gasteiger partial charge in [-0.15, -0.1) is 0 Å². The van der Waals surface area contributed by atoms with Gasteiger partial charge in [-0.25, -0.2) is 12.7 Å². The predicted octanol–water partition coefficient (Wildman–Crippen LogP) is 1.69. The van der Waals surface area contributed by atoms with Gasteiger partial charge in [0.05, 0.1) is 5.56 Å². The Bertz CT molecular complexity index is 1130. The fourth-order valence-corrected chi connectivity index (χ4v) is 5.18. The molecule has 0 fully saturated rings. The number of carbonyl (C=O) groups is 3.